The van der Waals surface area contributed by atoms with Gasteiger partial charge in [-0.05, 0) is 42.0 Å². The van der Waals surface area contributed by atoms with E-state index in [0.29, 0.717) is 22.2 Å². The quantitative estimate of drug-likeness (QED) is 0.402. The number of hydrogen-bond acceptors (Lipinski definition) is 7. The van der Waals surface area contributed by atoms with E-state index in [-0.39, 0.29) is 44.1 Å². The predicted octanol–water partition coefficient (Wildman–Crippen LogP) is 4.61. The molecule has 2 aromatic carbocycles. The lowest BCUT2D eigenvalue weighted by atomic mass is 9.87. The largest absolute Gasteiger partial charge is 0.391 e. The zero-order valence-corrected chi connectivity index (χ0v) is 24.5. The summed E-state index contributed by atoms with van der Waals surface area (Å²) in [5.41, 5.74) is 2.17. The first-order valence-electron chi connectivity index (χ1n) is 14.5. The maximum Gasteiger partial charge on any atom is 0.251 e. The van der Waals surface area contributed by atoms with Gasteiger partial charge in [-0.2, -0.15) is 15.5 Å². The van der Waals surface area contributed by atoms with E-state index in [1.807, 2.05) is 18.3 Å². The van der Waals surface area contributed by atoms with Crippen LogP contribution in [0.1, 0.15) is 70.0 Å². The van der Waals surface area contributed by atoms with Gasteiger partial charge in [0.05, 0.1) is 24.4 Å². The maximum atomic E-state index is 14.5. The first-order valence-corrected chi connectivity index (χ1v) is 14.5. The number of likely N-dealkylation sites (tertiary alicyclic amines) is 1. The Kier molecular flexibility index (Phi) is 8.34. The molecule has 9 nitrogen and oxygen atoms in total. The monoisotopic (exact) mass is 590 g/mol. The van der Waals surface area contributed by atoms with Crippen LogP contribution in [-0.2, 0) is 15.0 Å². The Morgan fingerprint density at radius 2 is 1.81 bits per heavy atom. The zero-order valence-electron chi connectivity index (χ0n) is 24.5. The molecule has 3 atom stereocenters. The van der Waals surface area contributed by atoms with Gasteiger partial charge >= 0.3 is 0 Å². The van der Waals surface area contributed by atoms with E-state index >= 15 is 0 Å². The molecule has 1 aromatic heterocycles. The maximum absolute atomic E-state index is 14.5. The number of aromatic nitrogens is 2. The number of nitrogens with zero attached hydrogens (tertiary/aromatic N) is 5. The van der Waals surface area contributed by atoms with Gasteiger partial charge in [-0.25, -0.2) is 8.78 Å². The number of aliphatic hydroxyl groups excluding tert-OH is 1. The molecular weight excluding hydrogens is 554 g/mol. The minimum Gasteiger partial charge on any atom is -0.391 e. The van der Waals surface area contributed by atoms with Crippen molar-refractivity contribution in [1.82, 2.24) is 20.4 Å². The minimum atomic E-state index is -2.77. The normalized spacial score (nSPS) is 21.3. The second-order valence-corrected chi connectivity index (χ2v) is 12.5. The van der Waals surface area contributed by atoms with Gasteiger partial charge in [-0.1, -0.05) is 51.1 Å². The number of alkyl halides is 2. The summed E-state index contributed by atoms with van der Waals surface area (Å²) in [5.74, 6) is -3.87. The van der Waals surface area contributed by atoms with Crippen molar-refractivity contribution in [1.29, 1.82) is 5.26 Å². The van der Waals surface area contributed by atoms with Crippen molar-refractivity contribution in [3.63, 3.8) is 0 Å². The molecule has 0 radical (unpaired) electrons. The number of carbonyl (C=O) groups excluding carboxylic acids is 2. The molecule has 1 aliphatic heterocycles. The SMILES string of the molecule is CC(C)(C)c1ccc(N(C(=O)[C@H]2C[C@@H](O)CN2C#N)C(C(=O)NC2CCC(F)(F)CC2)c2cnnc3ccccc23)cc1. The highest BCUT2D eigenvalue weighted by atomic mass is 19.3. The Hall–Kier alpha value is -4.17. The van der Waals surface area contributed by atoms with Crippen molar-refractivity contribution in [3.8, 4) is 6.19 Å². The number of hydrogen-bond donors (Lipinski definition) is 2. The van der Waals surface area contributed by atoms with Gasteiger partial charge in [0.1, 0.15) is 12.1 Å². The summed E-state index contributed by atoms with van der Waals surface area (Å²) in [6.07, 6.45) is 2.11. The van der Waals surface area contributed by atoms with Gasteiger partial charge in [-0.15, -0.1) is 0 Å². The van der Waals surface area contributed by atoms with Crippen molar-refractivity contribution in [2.75, 3.05) is 11.4 Å². The van der Waals surface area contributed by atoms with Crippen LogP contribution in [-0.4, -0.2) is 62.7 Å². The molecule has 1 unspecified atom stereocenters. The molecule has 2 N–H and O–H groups in total. The summed E-state index contributed by atoms with van der Waals surface area (Å²) in [7, 11) is 0. The zero-order chi connectivity index (χ0) is 30.9. The van der Waals surface area contributed by atoms with Crippen LogP contribution in [0.3, 0.4) is 0 Å². The molecule has 226 valence electrons. The summed E-state index contributed by atoms with van der Waals surface area (Å²) in [4.78, 5) is 31.4. The van der Waals surface area contributed by atoms with Crippen molar-refractivity contribution in [2.45, 2.75) is 88.4 Å². The molecule has 1 aliphatic carbocycles. The summed E-state index contributed by atoms with van der Waals surface area (Å²) < 4.78 is 27.9. The van der Waals surface area contributed by atoms with E-state index in [1.54, 1.807) is 36.4 Å². The first-order chi connectivity index (χ1) is 20.4. The van der Waals surface area contributed by atoms with E-state index in [0.717, 1.165) is 5.56 Å². The number of aliphatic hydroxyl groups is 1. The number of fused-ring (bicyclic) bond motifs is 1. The Morgan fingerprint density at radius 1 is 1.14 bits per heavy atom. The molecule has 3 aromatic rings. The highest BCUT2D eigenvalue weighted by molar-refractivity contribution is 6.05. The van der Waals surface area contributed by atoms with Crippen LogP contribution in [0.2, 0.25) is 0 Å². The summed E-state index contributed by atoms with van der Waals surface area (Å²) in [5, 5.41) is 32.0. The number of rotatable bonds is 6. The van der Waals surface area contributed by atoms with E-state index in [9.17, 15) is 28.7 Å². The average Bonchev–Trinajstić information content (AvgIpc) is 3.36. The van der Waals surface area contributed by atoms with Gasteiger partial charge in [-0.3, -0.25) is 19.4 Å². The lowest BCUT2D eigenvalue weighted by Crippen LogP contribution is -2.52. The van der Waals surface area contributed by atoms with Crippen molar-refractivity contribution < 1.29 is 23.5 Å². The van der Waals surface area contributed by atoms with Crippen LogP contribution in [0.15, 0.2) is 54.7 Å². The van der Waals surface area contributed by atoms with Crippen LogP contribution < -0.4 is 10.2 Å². The van der Waals surface area contributed by atoms with E-state index in [4.69, 9.17) is 0 Å². The van der Waals surface area contributed by atoms with Gasteiger partial charge in [0.2, 0.25) is 11.8 Å². The van der Waals surface area contributed by atoms with Crippen LogP contribution in [0.5, 0.6) is 0 Å². The van der Waals surface area contributed by atoms with Gasteiger partial charge in [0, 0.05) is 41.9 Å². The third-order valence-corrected chi connectivity index (χ3v) is 8.38. The number of β-amino-alcohol motifs (C(OH)–C–C–N with tert-alkyl or cyclic N) is 1. The number of nitriles is 1. The van der Waals surface area contributed by atoms with Crippen LogP contribution in [0.25, 0.3) is 10.9 Å². The smallest absolute Gasteiger partial charge is 0.251 e. The van der Waals surface area contributed by atoms with Crippen LogP contribution >= 0.6 is 0 Å². The second-order valence-electron chi connectivity index (χ2n) is 12.5. The van der Waals surface area contributed by atoms with Crippen molar-refractivity contribution in [3.05, 3.63) is 65.9 Å². The molecule has 43 heavy (non-hydrogen) atoms. The highest BCUT2D eigenvalue weighted by Gasteiger charge is 2.44. The van der Waals surface area contributed by atoms with E-state index in [2.05, 4.69) is 36.3 Å². The molecule has 2 aliphatic rings. The number of halogens is 2. The Labute approximate surface area is 249 Å². The van der Waals surface area contributed by atoms with Gasteiger partial charge in [0.25, 0.3) is 5.91 Å². The molecule has 2 fully saturated rings. The second kappa shape index (κ2) is 11.8. The van der Waals surface area contributed by atoms with Gasteiger partial charge in [0.15, 0.2) is 6.19 Å². The fraction of sp³-hybridized carbons (Fsp3) is 0.469. The fourth-order valence-corrected chi connectivity index (χ4v) is 5.95. The first kappa shape index (κ1) is 30.3. The lowest BCUT2D eigenvalue weighted by Gasteiger charge is -2.36. The molecular formula is C32H36F2N6O3. The Balaban J connectivity index is 1.64. The van der Waals surface area contributed by atoms with Crippen LogP contribution in [0.4, 0.5) is 14.5 Å². The standard InChI is InChI=1S/C32H36F2N6O3/c1-31(2,3)20-8-10-22(11-9-20)40(30(43)27-16-23(41)18-39(27)19-35)28(25-17-36-38-26-7-5-4-6-24(25)26)29(42)37-21-12-14-32(33,34)15-13-21/h4-11,17,21,23,27-28,41H,12-16,18H2,1-3H3,(H,37,42)/t23-,27-,28?/m1/s1. The van der Waals surface area contributed by atoms with E-state index in [1.165, 1.54) is 16.0 Å². The molecule has 1 saturated heterocycles. The molecule has 0 bridgehead atoms. The number of benzene rings is 2. The predicted molar refractivity (Wildman–Crippen MR) is 157 cm³/mol. The number of anilines is 1. The summed E-state index contributed by atoms with van der Waals surface area (Å²) in [6, 6.07) is 11.6. The summed E-state index contributed by atoms with van der Waals surface area (Å²) >= 11 is 0. The van der Waals surface area contributed by atoms with Crippen molar-refractivity contribution in [2.24, 2.45) is 0 Å². The van der Waals surface area contributed by atoms with E-state index < -0.39 is 42.0 Å². The number of amides is 2. The third-order valence-electron chi connectivity index (χ3n) is 8.38. The topological polar surface area (TPSA) is 122 Å². The highest BCUT2D eigenvalue weighted by Crippen LogP contribution is 2.37. The number of nitrogens with one attached hydrogen (secondary N) is 1. The van der Waals surface area contributed by atoms with Crippen LogP contribution in [0, 0.1) is 11.5 Å². The lowest BCUT2D eigenvalue weighted by molar-refractivity contribution is -0.129. The Bertz CT molecular complexity index is 1520. The number of carbonyl (C=O) groups is 2. The third kappa shape index (κ3) is 6.44. The minimum absolute atomic E-state index is 0.00337. The average molecular weight is 591 g/mol. The molecule has 2 heterocycles. The Morgan fingerprint density at radius 3 is 2.47 bits per heavy atom. The molecule has 1 saturated carbocycles. The molecule has 2 amide bonds. The van der Waals surface area contributed by atoms with Gasteiger partial charge < -0.3 is 10.4 Å². The summed E-state index contributed by atoms with van der Waals surface area (Å²) in [6.45, 7) is 6.19. The molecule has 5 rings (SSSR count). The molecule has 0 spiro atoms. The van der Waals surface area contributed by atoms with Crippen molar-refractivity contribution >= 4 is 28.4 Å². The molecule has 11 heteroatoms. The fourth-order valence-electron chi connectivity index (χ4n) is 5.95.